The summed E-state index contributed by atoms with van der Waals surface area (Å²) in [5.41, 5.74) is 1.65. The van der Waals surface area contributed by atoms with Crippen molar-refractivity contribution < 1.29 is 4.79 Å². The van der Waals surface area contributed by atoms with Crippen LogP contribution in [-0.4, -0.2) is 43.1 Å². The number of piperidine rings is 1. The Kier molecular flexibility index (Phi) is 4.68. The number of carbonyl (C=O) groups is 1. The van der Waals surface area contributed by atoms with Crippen LogP contribution < -0.4 is 5.69 Å². The minimum Gasteiger partial charge on any atom is -0.341 e. The van der Waals surface area contributed by atoms with Gasteiger partial charge in [0.2, 0.25) is 5.91 Å². The Morgan fingerprint density at radius 1 is 1.10 bits per heavy atom. The first-order valence-corrected chi connectivity index (χ1v) is 12.7. The van der Waals surface area contributed by atoms with E-state index in [0.717, 1.165) is 60.3 Å². The number of nitrogens with zero attached hydrogens (tertiary/aromatic N) is 5. The molecule has 0 saturated carbocycles. The standard InChI is InChI=1S/C22H23N5O2S2/c28-17(25-10-4-1-5-11-25)13-26-21-18(14-7-2-3-8-15(14)31-21)20-23-19(16-9-6-12-30-16)24-27(20)22(26)29/h6,9,12H,1-5,7-8,10-11,13H2. The van der Waals surface area contributed by atoms with Crippen molar-refractivity contribution in [3.8, 4) is 10.7 Å². The van der Waals surface area contributed by atoms with Crippen molar-refractivity contribution >= 4 is 44.4 Å². The summed E-state index contributed by atoms with van der Waals surface area (Å²) in [5.74, 6) is 0.594. The van der Waals surface area contributed by atoms with Gasteiger partial charge in [-0.15, -0.1) is 27.8 Å². The van der Waals surface area contributed by atoms with Gasteiger partial charge in [0.1, 0.15) is 11.4 Å². The van der Waals surface area contributed by atoms with Gasteiger partial charge in [0.15, 0.2) is 11.5 Å². The van der Waals surface area contributed by atoms with Crippen LogP contribution in [0.1, 0.15) is 42.5 Å². The Morgan fingerprint density at radius 3 is 2.74 bits per heavy atom. The Labute approximate surface area is 186 Å². The van der Waals surface area contributed by atoms with E-state index in [2.05, 4.69) is 5.10 Å². The van der Waals surface area contributed by atoms with Crippen molar-refractivity contribution in [1.82, 2.24) is 24.1 Å². The quantitative estimate of drug-likeness (QED) is 0.474. The molecule has 31 heavy (non-hydrogen) atoms. The molecule has 1 amide bonds. The number of carbonyl (C=O) groups excluding carboxylic acids is 1. The highest BCUT2D eigenvalue weighted by Crippen LogP contribution is 2.38. The third-order valence-corrected chi connectivity index (χ3v) is 8.57. The summed E-state index contributed by atoms with van der Waals surface area (Å²) in [4.78, 5) is 36.4. The number of thiophene rings is 2. The van der Waals surface area contributed by atoms with Crippen molar-refractivity contribution in [2.45, 2.75) is 51.5 Å². The molecule has 0 atom stereocenters. The van der Waals surface area contributed by atoms with Crippen LogP contribution in [0, 0.1) is 0 Å². The zero-order chi connectivity index (χ0) is 20.9. The second-order valence-electron chi connectivity index (χ2n) is 8.35. The van der Waals surface area contributed by atoms with Crippen LogP contribution in [0.3, 0.4) is 0 Å². The summed E-state index contributed by atoms with van der Waals surface area (Å²) in [6.45, 7) is 1.64. The van der Waals surface area contributed by atoms with Gasteiger partial charge in [-0.2, -0.15) is 4.52 Å². The fourth-order valence-corrected chi connectivity index (χ4v) is 6.84. The molecule has 9 heteroatoms. The third-order valence-electron chi connectivity index (χ3n) is 6.38. The molecule has 7 nitrogen and oxygen atoms in total. The van der Waals surface area contributed by atoms with E-state index in [1.54, 1.807) is 27.2 Å². The SMILES string of the molecule is O=C(Cn1c(=O)n2nc(-c3cccs3)nc2c2c3c(sc21)CCCC3)N1CCCCC1. The molecule has 0 aromatic carbocycles. The molecule has 0 spiro atoms. The van der Waals surface area contributed by atoms with E-state index in [1.165, 1.54) is 27.8 Å². The van der Waals surface area contributed by atoms with Crippen LogP contribution in [0.2, 0.25) is 0 Å². The Morgan fingerprint density at radius 2 is 1.94 bits per heavy atom. The predicted molar refractivity (Wildman–Crippen MR) is 123 cm³/mol. The third kappa shape index (κ3) is 3.13. The van der Waals surface area contributed by atoms with Crippen molar-refractivity contribution in [3.05, 3.63) is 38.4 Å². The van der Waals surface area contributed by atoms with Gasteiger partial charge in [-0.3, -0.25) is 9.36 Å². The van der Waals surface area contributed by atoms with Gasteiger partial charge in [0.25, 0.3) is 0 Å². The molecule has 1 fully saturated rings. The first-order valence-electron chi connectivity index (χ1n) is 11.0. The van der Waals surface area contributed by atoms with Gasteiger partial charge in [0, 0.05) is 18.0 Å². The van der Waals surface area contributed by atoms with Crippen LogP contribution in [0.25, 0.3) is 26.6 Å². The number of rotatable bonds is 3. The van der Waals surface area contributed by atoms with E-state index < -0.39 is 0 Å². The molecule has 1 aliphatic carbocycles. The molecular weight excluding hydrogens is 430 g/mol. The van der Waals surface area contributed by atoms with Crippen LogP contribution in [0.5, 0.6) is 0 Å². The average molecular weight is 454 g/mol. The van der Waals surface area contributed by atoms with Gasteiger partial charge >= 0.3 is 5.69 Å². The number of hydrogen-bond donors (Lipinski definition) is 0. The lowest BCUT2D eigenvalue weighted by Gasteiger charge is -2.27. The van der Waals surface area contributed by atoms with E-state index in [4.69, 9.17) is 4.98 Å². The second kappa shape index (κ2) is 7.56. The number of hydrogen-bond acceptors (Lipinski definition) is 6. The summed E-state index contributed by atoms with van der Waals surface area (Å²) in [6, 6.07) is 3.93. The summed E-state index contributed by atoms with van der Waals surface area (Å²) < 4.78 is 3.07. The van der Waals surface area contributed by atoms with Gasteiger partial charge in [0.05, 0.1) is 10.3 Å². The molecule has 2 aliphatic rings. The highest BCUT2D eigenvalue weighted by Gasteiger charge is 2.26. The highest BCUT2D eigenvalue weighted by atomic mass is 32.1. The van der Waals surface area contributed by atoms with Crippen molar-refractivity contribution in [2.75, 3.05) is 13.1 Å². The molecule has 1 saturated heterocycles. The van der Waals surface area contributed by atoms with Gasteiger partial charge in [-0.1, -0.05) is 6.07 Å². The first-order chi connectivity index (χ1) is 15.2. The van der Waals surface area contributed by atoms with Gasteiger partial charge in [-0.25, -0.2) is 9.78 Å². The van der Waals surface area contributed by atoms with Gasteiger partial charge in [-0.05, 0) is 62.0 Å². The molecule has 160 valence electrons. The summed E-state index contributed by atoms with van der Waals surface area (Å²) in [5, 5.41) is 7.58. The van der Waals surface area contributed by atoms with E-state index in [1.807, 2.05) is 22.4 Å². The maximum Gasteiger partial charge on any atom is 0.352 e. The summed E-state index contributed by atoms with van der Waals surface area (Å²) in [6.07, 6.45) is 7.57. The van der Waals surface area contributed by atoms with Crippen molar-refractivity contribution in [3.63, 3.8) is 0 Å². The number of fused-ring (bicyclic) bond motifs is 5. The van der Waals surface area contributed by atoms with E-state index in [0.29, 0.717) is 11.5 Å². The van der Waals surface area contributed by atoms with Crippen LogP contribution in [0.15, 0.2) is 22.3 Å². The number of amides is 1. The minimum absolute atomic E-state index is 0.0208. The van der Waals surface area contributed by atoms with Gasteiger partial charge < -0.3 is 4.90 Å². The molecule has 0 bridgehead atoms. The molecule has 6 rings (SSSR count). The van der Waals surface area contributed by atoms with E-state index in [9.17, 15) is 9.59 Å². The second-order valence-corrected chi connectivity index (χ2v) is 10.4. The number of aromatic nitrogens is 4. The Balaban J connectivity index is 1.56. The zero-order valence-corrected chi connectivity index (χ0v) is 18.8. The highest BCUT2D eigenvalue weighted by molar-refractivity contribution is 7.19. The predicted octanol–water partition coefficient (Wildman–Crippen LogP) is 3.73. The molecule has 0 N–H and O–H groups in total. The Bertz CT molecular complexity index is 1340. The molecule has 4 aromatic rings. The molecule has 1 aliphatic heterocycles. The zero-order valence-electron chi connectivity index (χ0n) is 17.2. The lowest BCUT2D eigenvalue weighted by molar-refractivity contribution is -0.132. The molecular formula is C22H23N5O2S2. The fraction of sp³-hybridized carbons (Fsp3) is 0.455. The number of aryl methyl sites for hydroxylation is 2. The lowest BCUT2D eigenvalue weighted by Crippen LogP contribution is -2.40. The fourth-order valence-electron chi connectivity index (χ4n) is 4.81. The van der Waals surface area contributed by atoms with Crippen LogP contribution in [0.4, 0.5) is 0 Å². The lowest BCUT2D eigenvalue weighted by atomic mass is 9.97. The van der Waals surface area contributed by atoms with Crippen molar-refractivity contribution in [2.24, 2.45) is 0 Å². The summed E-state index contributed by atoms with van der Waals surface area (Å²) >= 11 is 3.23. The molecule has 0 unspecified atom stereocenters. The minimum atomic E-state index is -0.276. The largest absolute Gasteiger partial charge is 0.352 e. The molecule has 5 heterocycles. The maximum atomic E-state index is 13.5. The van der Waals surface area contributed by atoms with Crippen LogP contribution in [-0.2, 0) is 24.2 Å². The summed E-state index contributed by atoms with van der Waals surface area (Å²) in [7, 11) is 0. The monoisotopic (exact) mass is 453 g/mol. The van der Waals surface area contributed by atoms with Crippen molar-refractivity contribution in [1.29, 1.82) is 0 Å². The molecule has 4 aromatic heterocycles. The smallest absolute Gasteiger partial charge is 0.341 e. The Hall–Kier alpha value is -2.52. The topological polar surface area (TPSA) is 72.5 Å². The maximum absolute atomic E-state index is 13.5. The first kappa shape index (κ1) is 19.2. The average Bonchev–Trinajstić information content (AvgIpc) is 3.54. The normalized spacial score (nSPS) is 16.8. The van der Waals surface area contributed by atoms with E-state index >= 15 is 0 Å². The molecule has 0 radical (unpaired) electrons. The van der Waals surface area contributed by atoms with Crippen LogP contribution >= 0.6 is 22.7 Å². The number of likely N-dealkylation sites (tertiary alicyclic amines) is 1. The van der Waals surface area contributed by atoms with E-state index in [-0.39, 0.29) is 18.1 Å².